The number of sulfonamides is 1. The minimum atomic E-state index is -4.78. The fourth-order valence-electron chi connectivity index (χ4n) is 5.58. The molecule has 208 valence electrons. The van der Waals surface area contributed by atoms with Crippen molar-refractivity contribution in [1.82, 2.24) is 19.0 Å². The lowest BCUT2D eigenvalue weighted by molar-refractivity contribution is -0.140. The summed E-state index contributed by atoms with van der Waals surface area (Å²) >= 11 is 0. The van der Waals surface area contributed by atoms with Crippen molar-refractivity contribution >= 4 is 15.9 Å². The number of carbonyl (C=O) groups excluding carboxylic acids is 1. The maximum absolute atomic E-state index is 13.5. The van der Waals surface area contributed by atoms with Crippen LogP contribution in [0.15, 0.2) is 29.2 Å². The van der Waals surface area contributed by atoms with Gasteiger partial charge < -0.3 is 14.5 Å². The van der Waals surface area contributed by atoms with Crippen molar-refractivity contribution < 1.29 is 31.1 Å². The molecule has 0 aliphatic carbocycles. The van der Waals surface area contributed by atoms with E-state index in [0.717, 1.165) is 61.9 Å². The van der Waals surface area contributed by atoms with Gasteiger partial charge in [-0.2, -0.15) is 17.5 Å². The van der Waals surface area contributed by atoms with Crippen LogP contribution in [0.25, 0.3) is 0 Å². The van der Waals surface area contributed by atoms with Crippen molar-refractivity contribution in [3.63, 3.8) is 0 Å². The Morgan fingerprint density at radius 3 is 2.32 bits per heavy atom. The first kappa shape index (κ1) is 28.3. The highest BCUT2D eigenvalue weighted by atomic mass is 32.2. The number of amides is 1. The topological polar surface area (TPSA) is 73.4 Å². The SMILES string of the molecule is CN1CCC(N2CCN(C(=O)COCC3CCCCN3S(=O)(=O)c3ccccc3C(F)(F)F)CC2)CC1. The molecule has 1 amide bonds. The van der Waals surface area contributed by atoms with E-state index in [9.17, 15) is 26.4 Å². The van der Waals surface area contributed by atoms with Crippen LogP contribution in [0.4, 0.5) is 13.2 Å². The zero-order valence-corrected chi connectivity index (χ0v) is 22.1. The van der Waals surface area contributed by atoms with Crippen LogP contribution in [0.1, 0.15) is 37.7 Å². The van der Waals surface area contributed by atoms with Crippen molar-refractivity contribution in [3.05, 3.63) is 29.8 Å². The first-order valence-electron chi connectivity index (χ1n) is 13.0. The highest BCUT2D eigenvalue weighted by Gasteiger charge is 2.41. The summed E-state index contributed by atoms with van der Waals surface area (Å²) < 4.78 is 73.8. The average molecular weight is 547 g/mol. The number of ether oxygens (including phenoxy) is 1. The van der Waals surface area contributed by atoms with Crippen molar-refractivity contribution in [3.8, 4) is 0 Å². The molecular weight excluding hydrogens is 509 g/mol. The molecule has 4 rings (SSSR count). The van der Waals surface area contributed by atoms with Gasteiger partial charge >= 0.3 is 6.18 Å². The Balaban J connectivity index is 1.30. The van der Waals surface area contributed by atoms with Crippen LogP contribution in [0.5, 0.6) is 0 Å². The molecule has 3 aliphatic rings. The Bertz CT molecular complexity index is 1020. The van der Waals surface area contributed by atoms with Crippen molar-refractivity contribution in [2.75, 3.05) is 66.1 Å². The summed E-state index contributed by atoms with van der Waals surface area (Å²) in [5.74, 6) is -0.143. The number of piperazine rings is 1. The number of halogens is 3. The van der Waals surface area contributed by atoms with Crippen molar-refractivity contribution in [2.24, 2.45) is 0 Å². The van der Waals surface area contributed by atoms with Gasteiger partial charge in [0.25, 0.3) is 0 Å². The third-order valence-corrected chi connectivity index (χ3v) is 9.77. The van der Waals surface area contributed by atoms with Gasteiger partial charge in [0.2, 0.25) is 15.9 Å². The Morgan fingerprint density at radius 2 is 1.65 bits per heavy atom. The molecular formula is C25H37F3N4O4S. The van der Waals surface area contributed by atoms with Gasteiger partial charge in [-0.15, -0.1) is 0 Å². The Hall–Kier alpha value is -1.73. The number of hydrogen-bond acceptors (Lipinski definition) is 6. The van der Waals surface area contributed by atoms with E-state index < -0.39 is 32.7 Å². The van der Waals surface area contributed by atoms with E-state index in [1.807, 2.05) is 0 Å². The zero-order chi connectivity index (χ0) is 26.6. The van der Waals surface area contributed by atoms with E-state index in [2.05, 4.69) is 16.8 Å². The summed E-state index contributed by atoms with van der Waals surface area (Å²) in [6, 6.07) is 4.20. The number of piperidine rings is 2. The number of alkyl halides is 3. The third kappa shape index (κ3) is 6.83. The second-order valence-electron chi connectivity index (χ2n) is 10.2. The number of rotatable bonds is 7. The number of carbonyl (C=O) groups is 1. The fourth-order valence-corrected chi connectivity index (χ4v) is 7.47. The van der Waals surface area contributed by atoms with Crippen LogP contribution in [-0.2, 0) is 25.7 Å². The van der Waals surface area contributed by atoms with E-state index in [0.29, 0.717) is 32.0 Å². The second-order valence-corrected chi connectivity index (χ2v) is 12.1. The normalized spacial score (nSPS) is 23.9. The van der Waals surface area contributed by atoms with Crippen LogP contribution in [0.2, 0.25) is 0 Å². The molecule has 0 saturated carbocycles. The largest absolute Gasteiger partial charge is 0.417 e. The van der Waals surface area contributed by atoms with Gasteiger partial charge in [0.05, 0.1) is 17.1 Å². The summed E-state index contributed by atoms with van der Waals surface area (Å²) in [6.45, 7) is 5.02. The minimum Gasteiger partial charge on any atom is -0.370 e. The summed E-state index contributed by atoms with van der Waals surface area (Å²) in [7, 11) is -2.25. The molecule has 3 aliphatic heterocycles. The number of nitrogens with zero attached hydrogens (tertiary/aromatic N) is 4. The molecule has 8 nitrogen and oxygen atoms in total. The summed E-state index contributed by atoms with van der Waals surface area (Å²) in [6.07, 6.45) is -0.728. The lowest BCUT2D eigenvalue weighted by Gasteiger charge is -2.42. The van der Waals surface area contributed by atoms with Crippen LogP contribution < -0.4 is 0 Å². The average Bonchev–Trinajstić information content (AvgIpc) is 2.89. The molecule has 12 heteroatoms. The Labute approximate surface area is 217 Å². The van der Waals surface area contributed by atoms with Gasteiger partial charge in [-0.05, 0) is 58.0 Å². The lowest BCUT2D eigenvalue weighted by atomic mass is 10.0. The van der Waals surface area contributed by atoms with Crippen molar-refractivity contribution in [1.29, 1.82) is 0 Å². The van der Waals surface area contributed by atoms with Gasteiger partial charge in [-0.25, -0.2) is 8.42 Å². The highest BCUT2D eigenvalue weighted by Crippen LogP contribution is 2.36. The maximum Gasteiger partial charge on any atom is 0.417 e. The van der Waals surface area contributed by atoms with E-state index in [-0.39, 0.29) is 25.7 Å². The molecule has 0 N–H and O–H groups in total. The molecule has 37 heavy (non-hydrogen) atoms. The number of hydrogen-bond donors (Lipinski definition) is 0. The molecule has 3 saturated heterocycles. The molecule has 1 unspecified atom stereocenters. The molecule has 3 fully saturated rings. The molecule has 0 aromatic heterocycles. The molecule has 0 bridgehead atoms. The quantitative estimate of drug-likeness (QED) is 0.524. The van der Waals surface area contributed by atoms with Crippen LogP contribution in [0, 0.1) is 0 Å². The van der Waals surface area contributed by atoms with Crippen LogP contribution in [-0.4, -0.2) is 111 Å². The van der Waals surface area contributed by atoms with Gasteiger partial charge in [0.1, 0.15) is 6.61 Å². The third-order valence-electron chi connectivity index (χ3n) is 7.76. The van der Waals surface area contributed by atoms with E-state index >= 15 is 0 Å². The van der Waals surface area contributed by atoms with Gasteiger partial charge in [0, 0.05) is 44.8 Å². The van der Waals surface area contributed by atoms with E-state index in [4.69, 9.17) is 4.74 Å². The van der Waals surface area contributed by atoms with Crippen LogP contribution in [0.3, 0.4) is 0 Å². The molecule has 0 radical (unpaired) electrons. The summed E-state index contributed by atoms with van der Waals surface area (Å²) in [5.41, 5.74) is -1.17. The molecule has 3 heterocycles. The highest BCUT2D eigenvalue weighted by molar-refractivity contribution is 7.89. The molecule has 1 aromatic carbocycles. The first-order valence-corrected chi connectivity index (χ1v) is 14.5. The minimum absolute atomic E-state index is 0.0330. The van der Waals surface area contributed by atoms with E-state index in [1.54, 1.807) is 4.90 Å². The standard InChI is InChI=1S/C25H37F3N4O4S/c1-29-12-9-20(10-13-29)30-14-16-31(17-15-30)24(33)19-36-18-21-6-4-5-11-32(21)37(34,35)23-8-3-2-7-22(23)25(26,27)28/h2-3,7-8,20-21H,4-6,9-19H2,1H3. The van der Waals surface area contributed by atoms with E-state index in [1.165, 1.54) is 12.1 Å². The predicted octanol–water partition coefficient (Wildman–Crippen LogP) is 2.50. The number of benzene rings is 1. The smallest absolute Gasteiger partial charge is 0.370 e. The lowest BCUT2D eigenvalue weighted by Crippen LogP contribution is -2.54. The fraction of sp³-hybridized carbons (Fsp3) is 0.720. The molecule has 1 atom stereocenters. The van der Waals surface area contributed by atoms with Gasteiger partial charge in [-0.1, -0.05) is 18.6 Å². The molecule has 0 spiro atoms. The first-order chi connectivity index (χ1) is 17.6. The van der Waals surface area contributed by atoms with Crippen molar-refractivity contribution in [2.45, 2.75) is 55.3 Å². The van der Waals surface area contributed by atoms with Gasteiger partial charge in [0.15, 0.2) is 0 Å². The summed E-state index contributed by atoms with van der Waals surface area (Å²) in [5, 5.41) is 0. The molecule has 1 aromatic rings. The Kier molecular flexibility index (Phi) is 9.16. The van der Waals surface area contributed by atoms with Crippen LogP contribution >= 0.6 is 0 Å². The monoisotopic (exact) mass is 546 g/mol. The summed E-state index contributed by atoms with van der Waals surface area (Å²) in [4.78, 5) is 18.6. The number of likely N-dealkylation sites (tertiary alicyclic amines) is 1. The maximum atomic E-state index is 13.5. The zero-order valence-electron chi connectivity index (χ0n) is 21.3. The second kappa shape index (κ2) is 12.0. The van der Waals surface area contributed by atoms with Gasteiger partial charge in [-0.3, -0.25) is 9.69 Å². The Morgan fingerprint density at radius 1 is 0.973 bits per heavy atom. The predicted molar refractivity (Wildman–Crippen MR) is 132 cm³/mol.